The number of methoxy groups -OCH3 is 1. The van der Waals surface area contributed by atoms with Gasteiger partial charge in [-0.05, 0) is 0 Å². The average molecular weight is 480 g/mol. The van der Waals surface area contributed by atoms with Crippen LogP contribution in [0, 0.1) is 11.3 Å². The Balaban J connectivity index is 2.18. The van der Waals surface area contributed by atoms with E-state index in [-0.39, 0.29) is 0 Å². The number of hydrogen-bond acceptors (Lipinski definition) is 4. The third kappa shape index (κ3) is 2.62. The molecule has 0 bridgehead atoms. The number of rotatable bonds is 3. The molecule has 104 valence electrons. The van der Waals surface area contributed by atoms with Crippen molar-refractivity contribution in [3.05, 3.63) is 53.5 Å². The Morgan fingerprint density at radius 1 is 1.32 bits per heavy atom. The molecule has 0 N–H and O–H groups in total. The van der Waals surface area contributed by atoms with Gasteiger partial charge in [0.2, 0.25) is 0 Å². The summed E-state index contributed by atoms with van der Waals surface area (Å²) in [7, 11) is 1.58. The summed E-state index contributed by atoms with van der Waals surface area (Å²) in [4.78, 5) is 4.09. The molecule has 0 fully saturated rings. The monoisotopic (exact) mass is 480 g/mol. The third-order valence-corrected chi connectivity index (χ3v) is 4.83. The van der Waals surface area contributed by atoms with Gasteiger partial charge in [-0.1, -0.05) is 0 Å². The zero-order valence-electron chi connectivity index (χ0n) is 11.9. The molecule has 0 saturated carbocycles. The van der Waals surface area contributed by atoms with E-state index in [1.54, 1.807) is 25.6 Å². The third-order valence-electron chi connectivity index (χ3n) is 3.30. The molecule has 3 rings (SSSR count). The van der Waals surface area contributed by atoms with E-state index in [0.29, 0.717) is 37.4 Å². The minimum absolute atomic E-state index is 0.518. The van der Waals surface area contributed by atoms with E-state index in [1.165, 1.54) is 0 Å². The van der Waals surface area contributed by atoms with Crippen LogP contribution in [0.4, 0.5) is 0 Å². The molecule has 0 aliphatic carbocycles. The van der Waals surface area contributed by atoms with Gasteiger partial charge >= 0.3 is 144 Å². The van der Waals surface area contributed by atoms with E-state index in [4.69, 9.17) is 4.74 Å². The molecule has 6 heteroatoms. The second-order valence-corrected chi connectivity index (χ2v) is 6.50. The summed E-state index contributed by atoms with van der Waals surface area (Å²) in [5, 5.41) is 14.7. The molecule has 22 heavy (non-hydrogen) atoms. The summed E-state index contributed by atoms with van der Waals surface area (Å²) in [5.74, 6) is 0.581. The Labute approximate surface area is 144 Å². The van der Waals surface area contributed by atoms with E-state index in [0.717, 1.165) is 22.2 Å². The van der Waals surface area contributed by atoms with Gasteiger partial charge in [0.05, 0.1) is 0 Å². The first-order chi connectivity index (χ1) is 10.7. The molecule has 0 saturated heterocycles. The van der Waals surface area contributed by atoms with Crippen molar-refractivity contribution in [2.24, 2.45) is 0 Å². The van der Waals surface area contributed by atoms with E-state index in [2.05, 4.69) is 16.2 Å². The fourth-order valence-electron chi connectivity index (χ4n) is 2.30. The van der Waals surface area contributed by atoms with Crippen LogP contribution < -0.4 is 4.74 Å². The van der Waals surface area contributed by atoms with Crippen LogP contribution in [0.1, 0.15) is 16.8 Å². The topological polar surface area (TPSA) is 63.7 Å². The van der Waals surface area contributed by atoms with Crippen molar-refractivity contribution in [2.45, 2.75) is 0 Å². The number of fused-ring (bicyclic) bond motifs is 1. The first kappa shape index (κ1) is 14.7. The molecule has 1 aromatic carbocycles. The first-order valence-electron chi connectivity index (χ1n) is 6.57. The zero-order chi connectivity index (χ0) is 15.5. The fourth-order valence-corrected chi connectivity index (χ4v) is 3.62. The second kappa shape index (κ2) is 6.27. The molecule has 2 heterocycles. The Kier molecular flexibility index (Phi) is 4.20. The van der Waals surface area contributed by atoms with Gasteiger partial charge in [0.15, 0.2) is 0 Å². The number of aromatic nitrogens is 3. The summed E-state index contributed by atoms with van der Waals surface area (Å²) in [6.45, 7) is 0. The van der Waals surface area contributed by atoms with Gasteiger partial charge in [0.25, 0.3) is 0 Å². The first-order valence-corrected chi connectivity index (χ1v) is 8.58. The molecule has 0 aliphatic rings. The Morgan fingerprint density at radius 2 is 2.18 bits per heavy atom. The van der Waals surface area contributed by atoms with E-state index in [1.807, 2.05) is 32.8 Å². The Hall–Kier alpha value is -2.21. The van der Waals surface area contributed by atoms with Crippen molar-refractivity contribution in [1.29, 1.82) is 5.26 Å². The summed E-state index contributed by atoms with van der Waals surface area (Å²) >= 11 is 0.533. The van der Waals surface area contributed by atoms with Crippen molar-refractivity contribution in [2.75, 3.05) is 7.11 Å². The van der Waals surface area contributed by atoms with Gasteiger partial charge in [-0.2, -0.15) is 0 Å². The number of hydrogen-bond donors (Lipinski definition) is 0. The maximum atomic E-state index is 9.24. The van der Waals surface area contributed by atoms with Crippen molar-refractivity contribution in [3.8, 4) is 11.8 Å². The SMILES string of the molecule is COc1c(C#N)ccc2c1c(/C=C/c1cccnc1)n[n]2[Tl]. The van der Waals surface area contributed by atoms with Crippen molar-refractivity contribution >= 4 is 49.1 Å². The zero-order valence-corrected chi connectivity index (χ0v) is 16.4. The van der Waals surface area contributed by atoms with Gasteiger partial charge in [0.1, 0.15) is 0 Å². The summed E-state index contributed by atoms with van der Waals surface area (Å²) in [6, 6.07) is 9.73. The van der Waals surface area contributed by atoms with E-state index < -0.39 is 0 Å². The van der Waals surface area contributed by atoms with Crippen LogP contribution in [0.5, 0.6) is 5.75 Å². The molecule has 0 atom stereocenters. The molecule has 5 nitrogen and oxygen atoms in total. The average Bonchev–Trinajstić information content (AvgIpc) is 2.89. The molecule has 0 amide bonds. The summed E-state index contributed by atoms with van der Waals surface area (Å²) in [6.07, 6.45) is 7.42. The number of benzene rings is 1. The molecule has 3 aromatic rings. The summed E-state index contributed by atoms with van der Waals surface area (Å²) < 4.78 is 7.40. The Bertz CT molecular complexity index is 894. The Morgan fingerprint density at radius 3 is 2.86 bits per heavy atom. The van der Waals surface area contributed by atoms with Crippen molar-refractivity contribution < 1.29 is 4.74 Å². The van der Waals surface area contributed by atoms with Gasteiger partial charge < -0.3 is 0 Å². The predicted octanol–water partition coefficient (Wildman–Crippen LogP) is 2.41. The number of ether oxygens (including phenoxy) is 1. The normalized spacial score (nSPS) is 10.9. The fraction of sp³-hybridized carbons (Fsp3) is 0.0625. The number of nitriles is 1. The molecule has 0 unspecified atom stereocenters. The predicted molar refractivity (Wildman–Crippen MR) is 85.3 cm³/mol. The minimum atomic E-state index is 0.518. The molecular weight excluding hydrogens is 469 g/mol. The van der Waals surface area contributed by atoms with Crippen LogP contribution in [-0.2, 0) is 0 Å². The molecule has 2 aromatic heterocycles. The van der Waals surface area contributed by atoms with Crippen LogP contribution in [0.15, 0.2) is 36.7 Å². The van der Waals surface area contributed by atoms with Crippen LogP contribution >= 0.6 is 0 Å². The van der Waals surface area contributed by atoms with Gasteiger partial charge in [-0.3, -0.25) is 0 Å². The number of nitrogens with zero attached hydrogens (tertiary/aromatic N) is 4. The van der Waals surface area contributed by atoms with Gasteiger partial charge in [0, 0.05) is 0 Å². The van der Waals surface area contributed by atoms with Crippen molar-refractivity contribution in [1.82, 2.24) is 12.6 Å². The second-order valence-electron chi connectivity index (χ2n) is 4.60. The van der Waals surface area contributed by atoms with Crippen molar-refractivity contribution in [3.63, 3.8) is 0 Å². The molecule has 0 spiro atoms. The summed E-state index contributed by atoms with van der Waals surface area (Å²) in [5.41, 5.74) is 3.31. The van der Waals surface area contributed by atoms with Crippen LogP contribution in [-0.4, -0.2) is 45.7 Å². The molecular formula is C16H11N4OTl. The van der Waals surface area contributed by atoms with Crippen LogP contribution in [0.25, 0.3) is 23.1 Å². The van der Waals surface area contributed by atoms with Gasteiger partial charge in [-0.15, -0.1) is 0 Å². The van der Waals surface area contributed by atoms with E-state index >= 15 is 0 Å². The van der Waals surface area contributed by atoms with Gasteiger partial charge in [-0.25, -0.2) is 0 Å². The molecule has 0 aliphatic heterocycles. The quantitative estimate of drug-likeness (QED) is 0.542. The van der Waals surface area contributed by atoms with E-state index in [9.17, 15) is 5.26 Å². The van der Waals surface area contributed by atoms with Crippen LogP contribution in [0.3, 0.4) is 0 Å². The standard InChI is InChI=1S/C16H11N4O.Tl/c1-21-16-12(9-17)5-7-14-15(16)13(19-20-14)6-4-11-3-2-8-18-10-11;/h2-8,10H,1H3;/q-1;+1/b6-4+;. The maximum absolute atomic E-state index is 9.24. The van der Waals surface area contributed by atoms with Crippen LogP contribution in [0.2, 0.25) is 0 Å². The number of pyridine rings is 1. The molecule has 0 radical (unpaired) electrons.